The number of hydrogen-bond donors (Lipinski definition) is 1. The minimum Gasteiger partial charge on any atom is -0.480 e. The summed E-state index contributed by atoms with van der Waals surface area (Å²) in [6, 6.07) is 24.4. The number of aromatic nitrogens is 3. The van der Waals surface area contributed by atoms with Crippen molar-refractivity contribution in [2.75, 3.05) is 5.32 Å². The quantitative estimate of drug-likeness (QED) is 0.519. The Morgan fingerprint density at radius 1 is 0.867 bits per heavy atom. The van der Waals surface area contributed by atoms with Crippen molar-refractivity contribution in [2.45, 2.75) is 12.1 Å². The molecule has 0 unspecified atom stereocenters. The molecule has 6 heteroatoms. The van der Waals surface area contributed by atoms with Crippen LogP contribution in [0.5, 0.6) is 5.75 Å². The average molecular weight is 396 g/mol. The van der Waals surface area contributed by atoms with Gasteiger partial charge in [-0.3, -0.25) is 0 Å². The lowest BCUT2D eigenvalue weighted by molar-refractivity contribution is 0.223. The number of nitrogens with one attached hydrogen (secondary N) is 1. The van der Waals surface area contributed by atoms with Gasteiger partial charge in [0.1, 0.15) is 30.0 Å². The van der Waals surface area contributed by atoms with E-state index in [0.717, 1.165) is 33.7 Å². The lowest BCUT2D eigenvalue weighted by Gasteiger charge is -2.38. The number of rotatable bonds is 2. The van der Waals surface area contributed by atoms with E-state index in [1.165, 1.54) is 12.1 Å². The van der Waals surface area contributed by atoms with E-state index in [-0.39, 0.29) is 11.9 Å². The molecule has 4 aromatic rings. The fraction of sp³-hybridized carbons (Fsp3) is 0.0833. The molecule has 0 spiro atoms. The van der Waals surface area contributed by atoms with Gasteiger partial charge in [0, 0.05) is 11.1 Å². The van der Waals surface area contributed by atoms with Crippen LogP contribution in [-0.2, 0) is 0 Å². The number of anilines is 1. The molecule has 0 bridgehead atoms. The molecule has 6 rings (SSSR count). The molecule has 0 aliphatic carbocycles. The SMILES string of the molecule is Fc1ccc([C@H]2Oc3ccccc3C3=C2[C@@H](c2ccccc2)n2ncnc2N3)cc1. The summed E-state index contributed by atoms with van der Waals surface area (Å²) < 4.78 is 22.0. The van der Waals surface area contributed by atoms with Crippen LogP contribution in [0.4, 0.5) is 10.3 Å². The third-order valence-corrected chi connectivity index (χ3v) is 5.61. The van der Waals surface area contributed by atoms with Gasteiger partial charge in [-0.1, -0.05) is 54.6 Å². The zero-order chi connectivity index (χ0) is 20.1. The summed E-state index contributed by atoms with van der Waals surface area (Å²) >= 11 is 0. The third kappa shape index (κ3) is 2.54. The predicted octanol–water partition coefficient (Wildman–Crippen LogP) is 4.98. The first kappa shape index (κ1) is 17.0. The molecule has 2 aliphatic heterocycles. The number of nitrogens with zero attached hydrogens (tertiary/aromatic N) is 3. The second-order valence-corrected chi connectivity index (χ2v) is 7.34. The fourth-order valence-electron chi connectivity index (χ4n) is 4.29. The lowest BCUT2D eigenvalue weighted by Crippen LogP contribution is -2.32. The van der Waals surface area contributed by atoms with Gasteiger partial charge in [-0.2, -0.15) is 10.1 Å². The smallest absolute Gasteiger partial charge is 0.226 e. The Morgan fingerprint density at radius 3 is 2.47 bits per heavy atom. The molecule has 0 saturated heterocycles. The Morgan fingerprint density at radius 2 is 1.63 bits per heavy atom. The van der Waals surface area contributed by atoms with Crippen LogP contribution in [0.2, 0.25) is 0 Å². The number of ether oxygens (including phenoxy) is 1. The van der Waals surface area contributed by atoms with E-state index in [0.29, 0.717) is 5.95 Å². The molecule has 146 valence electrons. The van der Waals surface area contributed by atoms with E-state index in [4.69, 9.17) is 4.74 Å². The summed E-state index contributed by atoms with van der Waals surface area (Å²) in [5.74, 6) is 1.18. The maximum atomic E-state index is 13.6. The van der Waals surface area contributed by atoms with E-state index in [1.54, 1.807) is 18.5 Å². The second kappa shape index (κ2) is 6.56. The van der Waals surface area contributed by atoms with Gasteiger partial charge in [-0.25, -0.2) is 9.07 Å². The molecule has 2 atom stereocenters. The molecule has 0 fully saturated rings. The van der Waals surface area contributed by atoms with E-state index in [9.17, 15) is 4.39 Å². The zero-order valence-electron chi connectivity index (χ0n) is 15.9. The highest BCUT2D eigenvalue weighted by atomic mass is 19.1. The fourth-order valence-corrected chi connectivity index (χ4v) is 4.29. The molecular formula is C24H17FN4O. The Hall–Kier alpha value is -3.93. The van der Waals surface area contributed by atoms with Gasteiger partial charge in [0.05, 0.1) is 5.70 Å². The number of fused-ring (bicyclic) bond motifs is 3. The summed E-state index contributed by atoms with van der Waals surface area (Å²) in [4.78, 5) is 4.42. The van der Waals surface area contributed by atoms with Gasteiger partial charge in [-0.15, -0.1) is 0 Å². The first-order chi connectivity index (χ1) is 14.8. The third-order valence-electron chi connectivity index (χ3n) is 5.61. The molecule has 30 heavy (non-hydrogen) atoms. The lowest BCUT2D eigenvalue weighted by atomic mass is 9.84. The normalized spacial score (nSPS) is 19.2. The first-order valence-corrected chi connectivity index (χ1v) is 9.76. The number of halogens is 1. The van der Waals surface area contributed by atoms with Crippen LogP contribution in [0.3, 0.4) is 0 Å². The summed E-state index contributed by atoms with van der Waals surface area (Å²) in [5.41, 5.74) is 4.91. The second-order valence-electron chi connectivity index (χ2n) is 7.34. The number of para-hydroxylation sites is 1. The van der Waals surface area contributed by atoms with Crippen molar-refractivity contribution >= 4 is 11.6 Å². The van der Waals surface area contributed by atoms with Crippen LogP contribution in [-0.4, -0.2) is 14.8 Å². The topological polar surface area (TPSA) is 52.0 Å². The highest BCUT2D eigenvalue weighted by Crippen LogP contribution is 2.50. The summed E-state index contributed by atoms with van der Waals surface area (Å²) in [6.07, 6.45) is 1.15. The molecule has 3 aromatic carbocycles. The van der Waals surface area contributed by atoms with Gasteiger partial charge in [0.25, 0.3) is 0 Å². The van der Waals surface area contributed by atoms with Crippen LogP contribution in [0.15, 0.2) is 90.8 Å². The van der Waals surface area contributed by atoms with E-state index < -0.39 is 6.10 Å². The van der Waals surface area contributed by atoms with Crippen molar-refractivity contribution in [3.63, 3.8) is 0 Å². The molecule has 2 aliphatic rings. The van der Waals surface area contributed by atoms with Crippen molar-refractivity contribution in [2.24, 2.45) is 0 Å². The molecule has 0 amide bonds. The number of hydrogen-bond acceptors (Lipinski definition) is 4. The van der Waals surface area contributed by atoms with Gasteiger partial charge in [0.15, 0.2) is 0 Å². The van der Waals surface area contributed by atoms with Crippen LogP contribution < -0.4 is 10.1 Å². The zero-order valence-corrected chi connectivity index (χ0v) is 15.9. The van der Waals surface area contributed by atoms with Crippen molar-refractivity contribution < 1.29 is 9.13 Å². The molecule has 1 N–H and O–H groups in total. The van der Waals surface area contributed by atoms with Crippen molar-refractivity contribution in [1.29, 1.82) is 0 Å². The molecular weight excluding hydrogens is 379 g/mol. The maximum absolute atomic E-state index is 13.6. The van der Waals surface area contributed by atoms with Crippen LogP contribution >= 0.6 is 0 Å². The predicted molar refractivity (Wildman–Crippen MR) is 111 cm³/mol. The Labute approximate surface area is 172 Å². The standard InChI is InChI=1S/C24H17FN4O/c25-17-12-10-16(11-13-17)23-20-21(18-8-4-5-9-19(18)30-23)28-24-26-14-27-29(24)22(20)15-6-2-1-3-7-15/h1-14,22-23H,(H,26,27,28)/t22-,23-/m1/s1. The number of benzene rings is 3. The molecule has 0 saturated carbocycles. The molecule has 5 nitrogen and oxygen atoms in total. The Kier molecular flexibility index (Phi) is 3.71. The van der Waals surface area contributed by atoms with Gasteiger partial charge >= 0.3 is 0 Å². The van der Waals surface area contributed by atoms with Crippen LogP contribution in [0, 0.1) is 5.82 Å². The summed E-state index contributed by atoms with van der Waals surface area (Å²) in [5, 5.41) is 7.96. The van der Waals surface area contributed by atoms with Gasteiger partial charge < -0.3 is 10.1 Å². The van der Waals surface area contributed by atoms with Crippen molar-refractivity contribution in [1.82, 2.24) is 14.8 Å². The van der Waals surface area contributed by atoms with Crippen LogP contribution in [0.1, 0.15) is 28.8 Å². The van der Waals surface area contributed by atoms with E-state index >= 15 is 0 Å². The monoisotopic (exact) mass is 396 g/mol. The molecule has 3 heterocycles. The summed E-state index contributed by atoms with van der Waals surface area (Å²) in [7, 11) is 0. The minimum absolute atomic E-state index is 0.205. The van der Waals surface area contributed by atoms with Crippen molar-refractivity contribution in [3.8, 4) is 5.75 Å². The summed E-state index contributed by atoms with van der Waals surface area (Å²) in [6.45, 7) is 0. The highest BCUT2D eigenvalue weighted by molar-refractivity contribution is 5.85. The highest BCUT2D eigenvalue weighted by Gasteiger charge is 2.40. The molecule has 0 radical (unpaired) electrons. The maximum Gasteiger partial charge on any atom is 0.226 e. The molecule has 1 aromatic heterocycles. The Bertz CT molecular complexity index is 1260. The van der Waals surface area contributed by atoms with Crippen molar-refractivity contribution in [3.05, 3.63) is 113 Å². The van der Waals surface area contributed by atoms with Gasteiger partial charge in [-0.05, 0) is 35.4 Å². The van der Waals surface area contributed by atoms with E-state index in [2.05, 4.69) is 27.5 Å². The van der Waals surface area contributed by atoms with Gasteiger partial charge in [0.2, 0.25) is 5.95 Å². The first-order valence-electron chi connectivity index (χ1n) is 9.76. The Balaban J connectivity index is 1.63. The minimum atomic E-state index is -0.398. The van der Waals surface area contributed by atoms with Crippen LogP contribution in [0.25, 0.3) is 5.70 Å². The average Bonchev–Trinajstić information content (AvgIpc) is 3.26. The largest absolute Gasteiger partial charge is 0.480 e. The van der Waals surface area contributed by atoms with E-state index in [1.807, 2.05) is 47.1 Å².